The molecule has 1 heterocycles. The summed E-state index contributed by atoms with van der Waals surface area (Å²) in [5, 5.41) is 0. The molecule has 1 aliphatic rings. The summed E-state index contributed by atoms with van der Waals surface area (Å²) >= 11 is 0. The number of carbonyl (C=O) groups excluding carboxylic acids is 1. The van der Waals surface area contributed by atoms with Crippen LogP contribution < -0.4 is 4.90 Å². The Morgan fingerprint density at radius 2 is 1.78 bits per heavy atom. The number of hydrogen-bond donors (Lipinski definition) is 0. The van der Waals surface area contributed by atoms with Crippen LogP contribution in [0.15, 0.2) is 24.3 Å². The first-order chi connectivity index (χ1) is 10.8. The molecule has 0 aromatic heterocycles. The molecule has 1 saturated heterocycles. The van der Waals surface area contributed by atoms with Crippen molar-refractivity contribution in [3.63, 3.8) is 0 Å². The van der Waals surface area contributed by atoms with Gasteiger partial charge in [0.2, 0.25) is 15.9 Å². The molecule has 2 rings (SSSR count). The highest BCUT2D eigenvalue weighted by atomic mass is 32.2. The standard InChI is InChI=1S/C15H22FN3O3S/c1-17(2)23(21,22)12-7-15(20)19-10-8-18(9-11-19)14-6-4-3-5-13(14)16/h3-6H,7-12H2,1-2H3. The molecular formula is C15H22FN3O3S. The molecule has 0 N–H and O–H groups in total. The van der Waals surface area contributed by atoms with Gasteiger partial charge in [-0.1, -0.05) is 12.1 Å². The Balaban J connectivity index is 1.87. The van der Waals surface area contributed by atoms with Crippen molar-refractivity contribution in [2.45, 2.75) is 6.42 Å². The smallest absolute Gasteiger partial charge is 0.223 e. The molecule has 128 valence electrons. The first kappa shape index (κ1) is 17.7. The third kappa shape index (κ3) is 4.42. The predicted octanol–water partition coefficient (Wildman–Crippen LogP) is 0.756. The van der Waals surface area contributed by atoms with Crippen LogP contribution in [0.3, 0.4) is 0 Å². The van der Waals surface area contributed by atoms with Crippen LogP contribution in [0.25, 0.3) is 0 Å². The van der Waals surface area contributed by atoms with Crippen LogP contribution in [-0.4, -0.2) is 69.6 Å². The molecule has 8 heteroatoms. The van der Waals surface area contributed by atoms with Gasteiger partial charge in [-0.2, -0.15) is 0 Å². The second kappa shape index (κ2) is 7.27. The second-order valence-electron chi connectivity index (χ2n) is 5.67. The van der Waals surface area contributed by atoms with Gasteiger partial charge in [0.1, 0.15) is 5.82 Å². The molecule has 1 fully saturated rings. The number of sulfonamides is 1. The van der Waals surface area contributed by atoms with E-state index in [1.54, 1.807) is 23.1 Å². The van der Waals surface area contributed by atoms with Crippen molar-refractivity contribution < 1.29 is 17.6 Å². The lowest BCUT2D eigenvalue weighted by molar-refractivity contribution is -0.131. The van der Waals surface area contributed by atoms with Crippen molar-refractivity contribution in [2.24, 2.45) is 0 Å². The third-order valence-corrected chi connectivity index (χ3v) is 5.79. The molecule has 0 spiro atoms. The Kier molecular flexibility index (Phi) is 5.59. The Morgan fingerprint density at radius 1 is 1.17 bits per heavy atom. The van der Waals surface area contributed by atoms with Gasteiger partial charge in [0.15, 0.2) is 0 Å². The Morgan fingerprint density at radius 3 is 2.35 bits per heavy atom. The lowest BCUT2D eigenvalue weighted by Crippen LogP contribution is -2.49. The van der Waals surface area contributed by atoms with Crippen molar-refractivity contribution >= 4 is 21.6 Å². The summed E-state index contributed by atoms with van der Waals surface area (Å²) in [5.74, 6) is -0.639. The van der Waals surface area contributed by atoms with Crippen LogP contribution in [0.5, 0.6) is 0 Å². The van der Waals surface area contributed by atoms with E-state index in [4.69, 9.17) is 0 Å². The fourth-order valence-electron chi connectivity index (χ4n) is 2.46. The van der Waals surface area contributed by atoms with Gasteiger partial charge in [-0.15, -0.1) is 0 Å². The average molecular weight is 343 g/mol. The van der Waals surface area contributed by atoms with E-state index < -0.39 is 10.0 Å². The summed E-state index contributed by atoms with van der Waals surface area (Å²) in [5.41, 5.74) is 0.537. The molecular weight excluding hydrogens is 321 g/mol. The van der Waals surface area contributed by atoms with Gasteiger partial charge in [-0.25, -0.2) is 17.1 Å². The van der Waals surface area contributed by atoms with Crippen LogP contribution in [0.2, 0.25) is 0 Å². The number of amides is 1. The van der Waals surface area contributed by atoms with E-state index in [1.165, 1.54) is 20.2 Å². The number of para-hydroxylation sites is 1. The van der Waals surface area contributed by atoms with E-state index in [1.807, 2.05) is 4.90 Å². The van der Waals surface area contributed by atoms with E-state index >= 15 is 0 Å². The van der Waals surface area contributed by atoms with Gasteiger partial charge < -0.3 is 9.80 Å². The minimum Gasteiger partial charge on any atom is -0.366 e. The van der Waals surface area contributed by atoms with Crippen LogP contribution in [-0.2, 0) is 14.8 Å². The number of rotatable bonds is 5. The number of benzene rings is 1. The molecule has 6 nitrogen and oxygen atoms in total. The number of piperazine rings is 1. The lowest BCUT2D eigenvalue weighted by Gasteiger charge is -2.36. The number of carbonyl (C=O) groups is 1. The molecule has 1 amide bonds. The molecule has 0 bridgehead atoms. The number of hydrogen-bond acceptors (Lipinski definition) is 4. The van der Waals surface area contributed by atoms with Gasteiger partial charge in [0.05, 0.1) is 11.4 Å². The highest BCUT2D eigenvalue weighted by Gasteiger charge is 2.24. The Bertz CT molecular complexity index is 656. The summed E-state index contributed by atoms with van der Waals surface area (Å²) < 4.78 is 38.3. The Hall–Kier alpha value is -1.67. The van der Waals surface area contributed by atoms with Crippen molar-refractivity contribution in [1.82, 2.24) is 9.21 Å². The Labute approximate surface area is 136 Å². The van der Waals surface area contributed by atoms with Crippen molar-refractivity contribution in [2.75, 3.05) is 50.9 Å². The molecule has 0 saturated carbocycles. The molecule has 1 aliphatic heterocycles. The first-order valence-corrected chi connectivity index (χ1v) is 9.09. The number of halogens is 1. The monoisotopic (exact) mass is 343 g/mol. The third-order valence-electron chi connectivity index (χ3n) is 3.96. The van der Waals surface area contributed by atoms with E-state index in [0.29, 0.717) is 31.9 Å². The van der Waals surface area contributed by atoms with Crippen molar-refractivity contribution in [1.29, 1.82) is 0 Å². The van der Waals surface area contributed by atoms with Gasteiger partial charge in [0.25, 0.3) is 0 Å². The first-order valence-electron chi connectivity index (χ1n) is 7.49. The van der Waals surface area contributed by atoms with Crippen LogP contribution in [0.1, 0.15) is 6.42 Å². The van der Waals surface area contributed by atoms with Crippen LogP contribution in [0, 0.1) is 5.82 Å². The minimum atomic E-state index is -3.37. The molecule has 1 aromatic carbocycles. The molecule has 0 unspecified atom stereocenters. The fourth-order valence-corrected chi connectivity index (χ4v) is 3.26. The summed E-state index contributed by atoms with van der Waals surface area (Å²) in [7, 11) is -0.463. The van der Waals surface area contributed by atoms with Gasteiger partial charge in [0, 0.05) is 46.7 Å². The summed E-state index contributed by atoms with van der Waals surface area (Å²) in [6.45, 7) is 2.00. The largest absolute Gasteiger partial charge is 0.366 e. The predicted molar refractivity (Wildman–Crippen MR) is 87.3 cm³/mol. The van der Waals surface area contributed by atoms with Crippen LogP contribution in [0.4, 0.5) is 10.1 Å². The summed E-state index contributed by atoms with van der Waals surface area (Å²) in [6.07, 6.45) is -0.0276. The quantitative estimate of drug-likeness (QED) is 0.792. The zero-order valence-electron chi connectivity index (χ0n) is 13.4. The maximum Gasteiger partial charge on any atom is 0.223 e. The fraction of sp³-hybridized carbons (Fsp3) is 0.533. The SMILES string of the molecule is CN(C)S(=O)(=O)CCC(=O)N1CCN(c2ccccc2F)CC1. The zero-order chi connectivity index (χ0) is 17.0. The summed E-state index contributed by atoms with van der Waals surface area (Å²) in [4.78, 5) is 15.7. The normalized spacial score (nSPS) is 16.0. The van der Waals surface area contributed by atoms with E-state index in [0.717, 1.165) is 4.31 Å². The van der Waals surface area contributed by atoms with E-state index in [2.05, 4.69) is 0 Å². The van der Waals surface area contributed by atoms with Crippen molar-refractivity contribution in [3.8, 4) is 0 Å². The summed E-state index contributed by atoms with van der Waals surface area (Å²) in [6, 6.07) is 6.56. The lowest BCUT2D eigenvalue weighted by atomic mass is 10.2. The molecule has 23 heavy (non-hydrogen) atoms. The topological polar surface area (TPSA) is 60.9 Å². The van der Waals surface area contributed by atoms with Crippen molar-refractivity contribution in [3.05, 3.63) is 30.1 Å². The van der Waals surface area contributed by atoms with E-state index in [9.17, 15) is 17.6 Å². The van der Waals surface area contributed by atoms with E-state index in [-0.39, 0.29) is 23.9 Å². The number of nitrogens with zero attached hydrogens (tertiary/aromatic N) is 3. The van der Waals surface area contributed by atoms with Gasteiger partial charge in [-0.3, -0.25) is 4.79 Å². The molecule has 1 aromatic rings. The van der Waals surface area contributed by atoms with Gasteiger partial charge >= 0.3 is 0 Å². The molecule has 0 radical (unpaired) electrons. The minimum absolute atomic E-state index is 0.0276. The van der Waals surface area contributed by atoms with Gasteiger partial charge in [-0.05, 0) is 12.1 Å². The maximum atomic E-state index is 13.8. The van der Waals surface area contributed by atoms with Crippen LogP contribution >= 0.6 is 0 Å². The second-order valence-corrected chi connectivity index (χ2v) is 7.97. The highest BCUT2D eigenvalue weighted by Crippen LogP contribution is 2.20. The molecule has 0 atom stereocenters. The zero-order valence-corrected chi connectivity index (χ0v) is 14.2. The highest BCUT2D eigenvalue weighted by molar-refractivity contribution is 7.89. The molecule has 0 aliphatic carbocycles. The maximum absolute atomic E-state index is 13.8. The average Bonchev–Trinajstić information content (AvgIpc) is 2.53. The number of anilines is 1.